The Morgan fingerprint density at radius 1 is 1.05 bits per heavy atom. The van der Waals surface area contributed by atoms with Gasteiger partial charge in [-0.1, -0.05) is 20.8 Å². The lowest BCUT2D eigenvalue weighted by Crippen LogP contribution is -2.06. The van der Waals surface area contributed by atoms with Gasteiger partial charge in [0, 0.05) is 18.9 Å². The maximum Gasteiger partial charge on any atom is 0.170 e. The van der Waals surface area contributed by atoms with E-state index in [-0.39, 0.29) is 24.0 Å². The maximum atomic E-state index is 12.1. The van der Waals surface area contributed by atoms with Crippen LogP contribution in [0.15, 0.2) is 6.07 Å². The Morgan fingerprint density at radius 2 is 1.55 bits per heavy atom. The standard InChI is InChI=1S/C15H20O5/c1-4-9(16)13-11(18)7-12(19)14(15(13)20)10(17)6-5-8(2)3/h7-8,18-20H,4-6H2,1-3H3. The molecule has 0 spiro atoms. The van der Waals surface area contributed by atoms with Crippen molar-refractivity contribution in [2.24, 2.45) is 5.92 Å². The monoisotopic (exact) mass is 280 g/mol. The molecule has 0 fully saturated rings. The van der Waals surface area contributed by atoms with E-state index in [1.165, 1.54) is 0 Å². The van der Waals surface area contributed by atoms with E-state index >= 15 is 0 Å². The van der Waals surface area contributed by atoms with E-state index in [9.17, 15) is 24.9 Å². The Morgan fingerprint density at radius 3 is 2.00 bits per heavy atom. The Balaban J connectivity index is 3.26. The van der Waals surface area contributed by atoms with Gasteiger partial charge < -0.3 is 15.3 Å². The normalized spacial score (nSPS) is 10.8. The zero-order chi connectivity index (χ0) is 15.4. The molecule has 0 saturated heterocycles. The molecule has 20 heavy (non-hydrogen) atoms. The highest BCUT2D eigenvalue weighted by Gasteiger charge is 2.25. The van der Waals surface area contributed by atoms with Gasteiger partial charge in [0.05, 0.1) is 0 Å². The summed E-state index contributed by atoms with van der Waals surface area (Å²) in [5, 5.41) is 29.4. The molecule has 0 saturated carbocycles. The fourth-order valence-corrected chi connectivity index (χ4v) is 1.91. The van der Waals surface area contributed by atoms with Gasteiger partial charge in [0.25, 0.3) is 0 Å². The topological polar surface area (TPSA) is 94.8 Å². The third kappa shape index (κ3) is 3.29. The average Bonchev–Trinajstić information content (AvgIpc) is 2.35. The molecule has 0 aliphatic rings. The van der Waals surface area contributed by atoms with Crippen molar-refractivity contribution in [1.29, 1.82) is 0 Å². The minimum atomic E-state index is -0.636. The van der Waals surface area contributed by atoms with Crippen LogP contribution in [0.3, 0.4) is 0 Å². The molecule has 5 heteroatoms. The third-order valence-corrected chi connectivity index (χ3v) is 3.09. The predicted octanol–water partition coefficient (Wildman–Crippen LogP) is 3.02. The summed E-state index contributed by atoms with van der Waals surface area (Å²) in [6, 6.07) is 0.922. The molecule has 0 unspecified atom stereocenters. The lowest BCUT2D eigenvalue weighted by atomic mass is 9.95. The average molecular weight is 280 g/mol. The van der Waals surface area contributed by atoms with Crippen molar-refractivity contribution in [3.8, 4) is 17.2 Å². The number of carbonyl (C=O) groups excluding carboxylic acids is 2. The second-order valence-electron chi connectivity index (χ2n) is 5.15. The quantitative estimate of drug-likeness (QED) is 0.696. The zero-order valence-electron chi connectivity index (χ0n) is 11.9. The van der Waals surface area contributed by atoms with Crippen LogP contribution in [0.5, 0.6) is 17.2 Å². The van der Waals surface area contributed by atoms with Crippen molar-refractivity contribution >= 4 is 11.6 Å². The van der Waals surface area contributed by atoms with Crippen LogP contribution in [0.1, 0.15) is 60.7 Å². The molecule has 5 nitrogen and oxygen atoms in total. The molecule has 1 aromatic carbocycles. The van der Waals surface area contributed by atoms with Gasteiger partial charge in [-0.2, -0.15) is 0 Å². The van der Waals surface area contributed by atoms with Crippen molar-refractivity contribution in [3.05, 3.63) is 17.2 Å². The fraction of sp³-hybridized carbons (Fsp3) is 0.467. The first kappa shape index (κ1) is 16.0. The number of aromatic hydroxyl groups is 3. The molecule has 0 radical (unpaired) electrons. The molecule has 0 aliphatic carbocycles. The molecule has 0 amide bonds. The molecule has 0 aliphatic heterocycles. The summed E-state index contributed by atoms with van der Waals surface area (Å²) in [6.07, 6.45) is 0.838. The van der Waals surface area contributed by atoms with Gasteiger partial charge in [0.1, 0.15) is 28.4 Å². The summed E-state index contributed by atoms with van der Waals surface area (Å²) in [5.74, 6) is -2.30. The first-order valence-electron chi connectivity index (χ1n) is 6.63. The van der Waals surface area contributed by atoms with Crippen molar-refractivity contribution in [3.63, 3.8) is 0 Å². The molecule has 110 valence electrons. The highest BCUT2D eigenvalue weighted by Crippen LogP contribution is 2.39. The van der Waals surface area contributed by atoms with Gasteiger partial charge in [-0.15, -0.1) is 0 Å². The van der Waals surface area contributed by atoms with Crippen LogP contribution in [0.25, 0.3) is 0 Å². The van der Waals surface area contributed by atoms with Gasteiger partial charge in [-0.3, -0.25) is 9.59 Å². The first-order chi connectivity index (χ1) is 9.29. The van der Waals surface area contributed by atoms with Crippen LogP contribution in [0, 0.1) is 5.92 Å². The number of rotatable bonds is 6. The Hall–Kier alpha value is -2.04. The summed E-state index contributed by atoms with van der Waals surface area (Å²) < 4.78 is 0. The van der Waals surface area contributed by atoms with Crippen molar-refractivity contribution in [1.82, 2.24) is 0 Å². The highest BCUT2D eigenvalue weighted by molar-refractivity contribution is 6.08. The second kappa shape index (κ2) is 6.41. The third-order valence-electron chi connectivity index (χ3n) is 3.09. The lowest BCUT2D eigenvalue weighted by molar-refractivity contribution is 0.0969. The summed E-state index contributed by atoms with van der Waals surface area (Å²) in [6.45, 7) is 5.49. The van der Waals surface area contributed by atoms with Crippen LogP contribution >= 0.6 is 0 Å². The van der Waals surface area contributed by atoms with Crippen molar-refractivity contribution in [2.75, 3.05) is 0 Å². The van der Waals surface area contributed by atoms with Crippen LogP contribution < -0.4 is 0 Å². The van der Waals surface area contributed by atoms with Crippen molar-refractivity contribution < 1.29 is 24.9 Å². The second-order valence-corrected chi connectivity index (χ2v) is 5.15. The number of ketones is 2. The van der Waals surface area contributed by atoms with Crippen molar-refractivity contribution in [2.45, 2.75) is 40.0 Å². The summed E-state index contributed by atoms with van der Waals surface area (Å²) in [5.41, 5.74) is -0.599. The van der Waals surface area contributed by atoms with E-state index in [4.69, 9.17) is 0 Å². The summed E-state index contributed by atoms with van der Waals surface area (Å²) in [4.78, 5) is 23.7. The first-order valence-corrected chi connectivity index (χ1v) is 6.63. The molecule has 0 aromatic heterocycles. The van der Waals surface area contributed by atoms with E-state index in [2.05, 4.69) is 0 Å². The Labute approximate surface area is 117 Å². The van der Waals surface area contributed by atoms with E-state index in [1.54, 1.807) is 6.92 Å². The molecule has 1 aromatic rings. The van der Waals surface area contributed by atoms with E-state index in [1.807, 2.05) is 13.8 Å². The van der Waals surface area contributed by atoms with Gasteiger partial charge >= 0.3 is 0 Å². The van der Waals surface area contributed by atoms with Gasteiger partial charge in [-0.25, -0.2) is 0 Å². The molecular formula is C15H20O5. The molecule has 0 heterocycles. The molecule has 0 atom stereocenters. The molecular weight excluding hydrogens is 260 g/mol. The number of carbonyl (C=O) groups is 2. The van der Waals surface area contributed by atoms with Gasteiger partial charge in [0.15, 0.2) is 11.6 Å². The SMILES string of the molecule is CCC(=O)c1c(O)cc(O)c(C(=O)CCC(C)C)c1O. The zero-order valence-corrected chi connectivity index (χ0v) is 11.9. The highest BCUT2D eigenvalue weighted by atomic mass is 16.3. The Bertz CT molecular complexity index is 532. The van der Waals surface area contributed by atoms with Crippen LogP contribution in [-0.4, -0.2) is 26.9 Å². The maximum absolute atomic E-state index is 12.1. The molecule has 0 bridgehead atoms. The predicted molar refractivity (Wildman–Crippen MR) is 74.5 cm³/mol. The van der Waals surface area contributed by atoms with E-state index in [0.29, 0.717) is 12.3 Å². The number of hydrogen-bond donors (Lipinski definition) is 3. The smallest absolute Gasteiger partial charge is 0.170 e. The Kier molecular flexibility index (Phi) is 5.13. The number of hydrogen-bond acceptors (Lipinski definition) is 5. The summed E-state index contributed by atoms with van der Waals surface area (Å²) in [7, 11) is 0. The minimum Gasteiger partial charge on any atom is -0.507 e. The number of benzene rings is 1. The van der Waals surface area contributed by atoms with Crippen LogP contribution in [0.2, 0.25) is 0 Å². The van der Waals surface area contributed by atoms with Crippen LogP contribution in [0.4, 0.5) is 0 Å². The van der Waals surface area contributed by atoms with E-state index < -0.39 is 28.8 Å². The fourth-order valence-electron chi connectivity index (χ4n) is 1.91. The number of phenolic OH excluding ortho intramolecular Hbond substituents is 3. The van der Waals surface area contributed by atoms with Crippen LogP contribution in [-0.2, 0) is 0 Å². The summed E-state index contributed by atoms with van der Waals surface area (Å²) >= 11 is 0. The molecule has 1 rings (SSSR count). The van der Waals surface area contributed by atoms with Gasteiger partial charge in [0.2, 0.25) is 0 Å². The largest absolute Gasteiger partial charge is 0.507 e. The number of phenols is 3. The molecule has 3 N–H and O–H groups in total. The van der Waals surface area contributed by atoms with Gasteiger partial charge in [-0.05, 0) is 12.3 Å². The van der Waals surface area contributed by atoms with E-state index in [0.717, 1.165) is 6.07 Å². The minimum absolute atomic E-state index is 0.0749. The lowest BCUT2D eigenvalue weighted by Gasteiger charge is -2.12. The number of Topliss-reactive ketones (excluding diaryl/α,β-unsaturated/α-hetero) is 2.